The molecule has 4 rings (SSSR count). The first-order valence-corrected chi connectivity index (χ1v) is 10.2. The number of aromatic nitrogens is 2. The van der Waals surface area contributed by atoms with E-state index in [0.717, 1.165) is 26.4 Å². The van der Waals surface area contributed by atoms with Gasteiger partial charge in [0, 0.05) is 12.6 Å². The zero-order valence-corrected chi connectivity index (χ0v) is 18.2. The van der Waals surface area contributed by atoms with E-state index in [4.69, 9.17) is 9.26 Å². The number of carbonyl (C=O) groups excluding carboxylic acids is 1. The molecule has 1 heterocycles. The lowest BCUT2D eigenvalue weighted by molar-refractivity contribution is -0.132. The van der Waals surface area contributed by atoms with Gasteiger partial charge in [-0.2, -0.15) is 4.98 Å². The van der Waals surface area contributed by atoms with Gasteiger partial charge in [0.25, 0.3) is 5.91 Å². The Morgan fingerprint density at radius 2 is 1.97 bits per heavy atom. The van der Waals surface area contributed by atoms with Crippen molar-refractivity contribution in [2.45, 2.75) is 13.5 Å². The third kappa shape index (κ3) is 4.36. The highest BCUT2D eigenvalue weighted by Crippen LogP contribution is 2.33. The van der Waals surface area contributed by atoms with Crippen LogP contribution in [-0.4, -0.2) is 34.6 Å². The smallest absolute Gasteiger partial charge is 0.260 e. The Morgan fingerprint density at radius 3 is 2.80 bits per heavy atom. The molecule has 1 aromatic heterocycles. The highest BCUT2D eigenvalue weighted by molar-refractivity contribution is 9.10. The number of hydrogen-bond acceptors (Lipinski definition) is 5. The van der Waals surface area contributed by atoms with E-state index in [9.17, 15) is 4.79 Å². The van der Waals surface area contributed by atoms with E-state index >= 15 is 0 Å². The summed E-state index contributed by atoms with van der Waals surface area (Å²) < 4.78 is 11.9. The molecule has 0 saturated carbocycles. The molecule has 4 aromatic rings. The van der Waals surface area contributed by atoms with Gasteiger partial charge in [-0.15, -0.1) is 0 Å². The van der Waals surface area contributed by atoms with Gasteiger partial charge < -0.3 is 14.2 Å². The first kappa shape index (κ1) is 20.1. The van der Waals surface area contributed by atoms with Crippen molar-refractivity contribution in [2.24, 2.45) is 0 Å². The fourth-order valence-corrected chi connectivity index (χ4v) is 3.69. The van der Waals surface area contributed by atoms with Gasteiger partial charge in [-0.1, -0.05) is 59.3 Å². The van der Waals surface area contributed by atoms with Crippen molar-refractivity contribution in [3.05, 3.63) is 76.6 Å². The molecule has 0 unspecified atom stereocenters. The molecule has 0 atom stereocenters. The summed E-state index contributed by atoms with van der Waals surface area (Å²) in [5, 5.41) is 6.14. The van der Waals surface area contributed by atoms with Crippen LogP contribution in [0.2, 0.25) is 0 Å². The van der Waals surface area contributed by atoms with Crippen LogP contribution in [-0.2, 0) is 11.3 Å². The van der Waals surface area contributed by atoms with Crippen molar-refractivity contribution in [2.75, 3.05) is 13.7 Å². The molecular formula is C23H20BrN3O3. The Balaban J connectivity index is 1.38. The van der Waals surface area contributed by atoms with Crippen LogP contribution in [0.3, 0.4) is 0 Å². The number of benzene rings is 3. The average Bonchev–Trinajstić information content (AvgIpc) is 3.22. The van der Waals surface area contributed by atoms with Crippen molar-refractivity contribution >= 4 is 32.6 Å². The highest BCUT2D eigenvalue weighted by atomic mass is 79.9. The van der Waals surface area contributed by atoms with Crippen molar-refractivity contribution in [1.29, 1.82) is 0 Å². The number of nitrogens with zero attached hydrogens (tertiary/aromatic N) is 3. The van der Waals surface area contributed by atoms with E-state index in [2.05, 4.69) is 26.1 Å². The summed E-state index contributed by atoms with van der Waals surface area (Å²) in [4.78, 5) is 18.4. The van der Waals surface area contributed by atoms with Gasteiger partial charge in [0.2, 0.25) is 11.7 Å². The number of hydrogen-bond donors (Lipinski definition) is 0. The van der Waals surface area contributed by atoms with Crippen molar-refractivity contribution < 1.29 is 14.1 Å². The molecular weight excluding hydrogens is 446 g/mol. The van der Waals surface area contributed by atoms with Crippen LogP contribution in [0.25, 0.3) is 22.2 Å². The molecule has 0 radical (unpaired) electrons. The van der Waals surface area contributed by atoms with Gasteiger partial charge in [0.05, 0.1) is 11.0 Å². The van der Waals surface area contributed by atoms with E-state index in [1.165, 1.54) is 4.90 Å². The van der Waals surface area contributed by atoms with Gasteiger partial charge in [-0.3, -0.25) is 4.79 Å². The van der Waals surface area contributed by atoms with Gasteiger partial charge in [0.15, 0.2) is 6.61 Å². The average molecular weight is 466 g/mol. The molecule has 3 aromatic carbocycles. The zero-order valence-electron chi connectivity index (χ0n) is 16.6. The predicted octanol–water partition coefficient (Wildman–Crippen LogP) is 5.00. The van der Waals surface area contributed by atoms with Gasteiger partial charge in [-0.25, -0.2) is 0 Å². The minimum Gasteiger partial charge on any atom is -0.483 e. The molecule has 0 fully saturated rings. The molecule has 30 heavy (non-hydrogen) atoms. The normalized spacial score (nSPS) is 10.9. The SMILES string of the molecule is Cc1cccc(-c2noc(CN(C)C(=O)COc3ccc4ccccc4c3Br)n2)c1. The molecule has 0 aliphatic heterocycles. The Bertz CT molecular complexity index is 1210. The summed E-state index contributed by atoms with van der Waals surface area (Å²) >= 11 is 3.57. The number of amides is 1. The first-order valence-electron chi connectivity index (χ1n) is 9.45. The number of likely N-dealkylation sites (N-methyl/N-ethyl adjacent to an activating group) is 1. The Morgan fingerprint density at radius 1 is 1.13 bits per heavy atom. The van der Waals surface area contributed by atoms with Crippen LogP contribution in [0.15, 0.2) is 69.7 Å². The number of carbonyl (C=O) groups is 1. The molecule has 0 N–H and O–H groups in total. The molecule has 0 bridgehead atoms. The summed E-state index contributed by atoms with van der Waals surface area (Å²) in [6.45, 7) is 2.12. The summed E-state index contributed by atoms with van der Waals surface area (Å²) in [6.07, 6.45) is 0. The lowest BCUT2D eigenvalue weighted by Gasteiger charge is -2.16. The number of ether oxygens (including phenoxy) is 1. The summed E-state index contributed by atoms with van der Waals surface area (Å²) in [7, 11) is 1.68. The molecule has 0 saturated heterocycles. The lowest BCUT2D eigenvalue weighted by Crippen LogP contribution is -2.31. The summed E-state index contributed by atoms with van der Waals surface area (Å²) in [6, 6.07) is 19.6. The second-order valence-electron chi connectivity index (χ2n) is 7.02. The predicted molar refractivity (Wildman–Crippen MR) is 118 cm³/mol. The first-order chi connectivity index (χ1) is 14.5. The van der Waals surface area contributed by atoms with E-state index in [0.29, 0.717) is 17.5 Å². The van der Waals surface area contributed by atoms with Crippen LogP contribution in [0.5, 0.6) is 5.75 Å². The third-order valence-corrected chi connectivity index (χ3v) is 5.54. The second-order valence-corrected chi connectivity index (χ2v) is 7.81. The van der Waals surface area contributed by atoms with Gasteiger partial charge in [0.1, 0.15) is 5.75 Å². The largest absolute Gasteiger partial charge is 0.483 e. The zero-order chi connectivity index (χ0) is 21.1. The monoisotopic (exact) mass is 465 g/mol. The van der Waals surface area contributed by atoms with Crippen LogP contribution in [0.1, 0.15) is 11.5 Å². The third-order valence-electron chi connectivity index (χ3n) is 4.72. The maximum Gasteiger partial charge on any atom is 0.260 e. The van der Waals surface area contributed by atoms with Gasteiger partial charge >= 0.3 is 0 Å². The second kappa shape index (κ2) is 8.67. The van der Waals surface area contributed by atoms with Crippen molar-refractivity contribution in [3.63, 3.8) is 0 Å². The van der Waals surface area contributed by atoms with Crippen molar-refractivity contribution in [3.8, 4) is 17.1 Å². The number of aryl methyl sites for hydroxylation is 1. The van der Waals surface area contributed by atoms with Crippen LogP contribution in [0.4, 0.5) is 0 Å². The van der Waals surface area contributed by atoms with Crippen LogP contribution < -0.4 is 4.74 Å². The van der Waals surface area contributed by atoms with Crippen LogP contribution in [0, 0.1) is 6.92 Å². The fraction of sp³-hybridized carbons (Fsp3) is 0.174. The van der Waals surface area contributed by atoms with Crippen molar-refractivity contribution in [1.82, 2.24) is 15.0 Å². The minimum atomic E-state index is -0.189. The van der Waals surface area contributed by atoms with Gasteiger partial charge in [-0.05, 0) is 45.8 Å². The maximum absolute atomic E-state index is 12.5. The van der Waals surface area contributed by atoms with E-state index < -0.39 is 0 Å². The number of fused-ring (bicyclic) bond motifs is 1. The Hall–Kier alpha value is -3.19. The minimum absolute atomic E-state index is 0.0910. The molecule has 0 spiro atoms. The molecule has 152 valence electrons. The maximum atomic E-state index is 12.5. The summed E-state index contributed by atoms with van der Waals surface area (Å²) in [5.41, 5.74) is 1.99. The van der Waals surface area contributed by atoms with E-state index in [-0.39, 0.29) is 19.1 Å². The summed E-state index contributed by atoms with van der Waals surface area (Å²) in [5.74, 6) is 1.31. The Labute approximate surface area is 182 Å². The van der Waals surface area contributed by atoms with E-state index in [1.54, 1.807) is 7.05 Å². The lowest BCUT2D eigenvalue weighted by atomic mass is 10.1. The standard InChI is InChI=1S/C23H20BrN3O3/c1-15-6-5-8-17(12-15)23-25-20(30-26-23)13-27(2)21(28)14-29-19-11-10-16-7-3-4-9-18(16)22(19)24/h3-12H,13-14H2,1-2H3. The molecule has 1 amide bonds. The Kier molecular flexibility index (Phi) is 5.81. The molecule has 7 heteroatoms. The van der Waals surface area contributed by atoms with Crippen LogP contribution >= 0.6 is 15.9 Å². The van der Waals surface area contributed by atoms with E-state index in [1.807, 2.05) is 67.6 Å². The molecule has 0 aliphatic rings. The number of rotatable bonds is 6. The number of halogens is 1. The molecule has 6 nitrogen and oxygen atoms in total. The topological polar surface area (TPSA) is 68.5 Å². The molecule has 0 aliphatic carbocycles. The fourth-order valence-electron chi connectivity index (χ4n) is 3.09. The highest BCUT2D eigenvalue weighted by Gasteiger charge is 2.16. The quantitative estimate of drug-likeness (QED) is 0.400.